The van der Waals surface area contributed by atoms with Gasteiger partial charge in [-0.25, -0.2) is 0 Å². The average molecular weight is 328 g/mol. The van der Waals surface area contributed by atoms with Gasteiger partial charge in [-0.3, -0.25) is 0 Å². The van der Waals surface area contributed by atoms with Crippen LogP contribution < -0.4 is 0 Å². The quantitative estimate of drug-likeness (QED) is 0.576. The van der Waals surface area contributed by atoms with Crippen LogP contribution in [0.15, 0.2) is 40.6 Å². The fraction of sp³-hybridized carbons (Fsp3) is 0.263. The lowest BCUT2D eigenvalue weighted by atomic mass is 10.0. The van der Waals surface area contributed by atoms with E-state index >= 15 is 0 Å². The second-order valence-electron chi connectivity index (χ2n) is 5.60. The van der Waals surface area contributed by atoms with Crippen molar-refractivity contribution in [2.45, 2.75) is 13.8 Å². The average Bonchev–Trinajstić information content (AvgIpc) is 2.81. The van der Waals surface area contributed by atoms with E-state index < -0.39 is 0 Å². The highest BCUT2D eigenvalue weighted by Crippen LogP contribution is 2.39. The second-order valence-corrected chi connectivity index (χ2v) is 7.49. The van der Waals surface area contributed by atoms with Gasteiger partial charge in [0.2, 0.25) is 0 Å². The van der Waals surface area contributed by atoms with Gasteiger partial charge < -0.3 is 4.57 Å². The van der Waals surface area contributed by atoms with Gasteiger partial charge in [0.1, 0.15) is 0 Å². The van der Waals surface area contributed by atoms with Gasteiger partial charge in [-0.05, 0) is 55.7 Å². The Kier molecular flexibility index (Phi) is 4.28. The topological polar surface area (TPSA) is 4.93 Å². The smallest absolute Gasteiger partial charge is 0.0494 e. The number of aryl methyl sites for hydroxylation is 2. The van der Waals surface area contributed by atoms with Crippen LogP contribution in [-0.4, -0.2) is 17.1 Å². The van der Waals surface area contributed by atoms with Crippen LogP contribution in [0.5, 0.6) is 0 Å². The van der Waals surface area contributed by atoms with Crippen molar-refractivity contribution in [1.29, 1.82) is 0 Å². The first-order valence-corrected chi connectivity index (χ1v) is 9.80. The first-order chi connectivity index (χ1) is 10.6. The third kappa shape index (κ3) is 2.37. The summed E-state index contributed by atoms with van der Waals surface area (Å²) in [6.07, 6.45) is 4.31. The summed E-state index contributed by atoms with van der Waals surface area (Å²) in [5.41, 5.74) is 6.65. The molecule has 0 fully saturated rings. The first kappa shape index (κ1) is 15.6. The van der Waals surface area contributed by atoms with Crippen molar-refractivity contribution in [1.82, 2.24) is 4.57 Å². The Labute approximate surface area is 140 Å². The Morgan fingerprint density at radius 3 is 2.41 bits per heavy atom. The van der Waals surface area contributed by atoms with E-state index in [1.807, 2.05) is 23.5 Å². The maximum Gasteiger partial charge on any atom is 0.0494 e. The Morgan fingerprint density at radius 1 is 1.00 bits per heavy atom. The van der Waals surface area contributed by atoms with Crippen LogP contribution in [0.1, 0.15) is 18.1 Å². The van der Waals surface area contributed by atoms with Crippen molar-refractivity contribution >= 4 is 50.9 Å². The standard InChI is InChI=1S/C19H21NS2/c1-12-9-10-16-15(11-12)18-14(13(2)19(21-4)22-5)7-6-8-17(18)20(16)3/h6-11H,1-5H3. The van der Waals surface area contributed by atoms with E-state index in [-0.39, 0.29) is 0 Å². The molecule has 1 aromatic heterocycles. The number of hydrogen-bond acceptors (Lipinski definition) is 2. The molecule has 22 heavy (non-hydrogen) atoms. The minimum Gasteiger partial charge on any atom is -0.344 e. The number of fused-ring (bicyclic) bond motifs is 3. The lowest BCUT2D eigenvalue weighted by Crippen LogP contribution is -1.88. The van der Waals surface area contributed by atoms with Crippen LogP contribution in [0.4, 0.5) is 0 Å². The molecule has 0 saturated heterocycles. The molecule has 0 saturated carbocycles. The molecule has 3 aromatic rings. The van der Waals surface area contributed by atoms with Crippen molar-refractivity contribution in [3.05, 3.63) is 51.8 Å². The molecule has 2 aromatic carbocycles. The molecule has 0 atom stereocenters. The molecule has 1 heterocycles. The molecule has 3 heteroatoms. The Balaban J connectivity index is 2.47. The predicted molar refractivity (Wildman–Crippen MR) is 105 cm³/mol. The minimum atomic E-state index is 1.30. The third-order valence-electron chi connectivity index (χ3n) is 4.27. The molecule has 3 rings (SSSR count). The van der Waals surface area contributed by atoms with Crippen molar-refractivity contribution < 1.29 is 0 Å². The highest BCUT2D eigenvalue weighted by atomic mass is 32.2. The van der Waals surface area contributed by atoms with E-state index in [1.54, 1.807) is 0 Å². The van der Waals surface area contributed by atoms with Crippen LogP contribution in [-0.2, 0) is 7.05 Å². The predicted octanol–water partition coefficient (Wildman–Crippen LogP) is 6.05. The number of allylic oxidation sites excluding steroid dienone is 1. The molecule has 0 radical (unpaired) electrons. The van der Waals surface area contributed by atoms with E-state index in [9.17, 15) is 0 Å². The van der Waals surface area contributed by atoms with Gasteiger partial charge in [0, 0.05) is 33.1 Å². The van der Waals surface area contributed by atoms with Crippen molar-refractivity contribution in [2.75, 3.05) is 12.5 Å². The molecule has 0 N–H and O–H groups in total. The van der Waals surface area contributed by atoms with Gasteiger partial charge in [-0.1, -0.05) is 23.8 Å². The van der Waals surface area contributed by atoms with E-state index in [0.717, 1.165) is 0 Å². The monoisotopic (exact) mass is 327 g/mol. The highest BCUT2D eigenvalue weighted by molar-refractivity contribution is 8.21. The number of rotatable bonds is 3. The summed E-state index contributed by atoms with van der Waals surface area (Å²) in [6, 6.07) is 13.4. The van der Waals surface area contributed by atoms with Gasteiger partial charge in [0.05, 0.1) is 0 Å². The van der Waals surface area contributed by atoms with E-state index in [2.05, 4.69) is 74.4 Å². The zero-order valence-electron chi connectivity index (χ0n) is 13.7. The van der Waals surface area contributed by atoms with E-state index in [0.29, 0.717) is 0 Å². The van der Waals surface area contributed by atoms with Crippen LogP contribution in [0.3, 0.4) is 0 Å². The maximum absolute atomic E-state index is 2.31. The van der Waals surface area contributed by atoms with Gasteiger partial charge >= 0.3 is 0 Å². The summed E-state index contributed by atoms with van der Waals surface area (Å²) in [4.78, 5) is 0. The molecule has 0 unspecified atom stereocenters. The Hall–Kier alpha value is -1.32. The summed E-state index contributed by atoms with van der Waals surface area (Å²) in [6.45, 7) is 4.41. The maximum atomic E-state index is 2.31. The summed E-state index contributed by atoms with van der Waals surface area (Å²) in [5.74, 6) is 0. The molecule has 114 valence electrons. The summed E-state index contributed by atoms with van der Waals surface area (Å²) < 4.78 is 3.69. The number of thioether (sulfide) groups is 2. The number of nitrogens with zero attached hydrogens (tertiary/aromatic N) is 1. The molecular formula is C19H21NS2. The summed E-state index contributed by atoms with van der Waals surface area (Å²) in [7, 11) is 2.16. The lowest BCUT2D eigenvalue weighted by Gasteiger charge is -2.10. The number of hydrogen-bond donors (Lipinski definition) is 0. The van der Waals surface area contributed by atoms with Crippen molar-refractivity contribution in [3.63, 3.8) is 0 Å². The molecular weight excluding hydrogens is 306 g/mol. The van der Waals surface area contributed by atoms with Gasteiger partial charge in [0.25, 0.3) is 0 Å². The molecule has 0 aliphatic carbocycles. The molecule has 0 aliphatic rings. The number of aromatic nitrogens is 1. The zero-order chi connectivity index (χ0) is 15.9. The first-order valence-electron chi connectivity index (χ1n) is 7.35. The van der Waals surface area contributed by atoms with Crippen molar-refractivity contribution in [2.24, 2.45) is 7.05 Å². The van der Waals surface area contributed by atoms with Gasteiger partial charge in [0.15, 0.2) is 0 Å². The van der Waals surface area contributed by atoms with Gasteiger partial charge in [-0.2, -0.15) is 0 Å². The zero-order valence-corrected chi connectivity index (χ0v) is 15.4. The Morgan fingerprint density at radius 2 is 1.73 bits per heavy atom. The van der Waals surface area contributed by atoms with Crippen LogP contribution in [0.2, 0.25) is 0 Å². The molecule has 0 bridgehead atoms. The summed E-state index contributed by atoms with van der Waals surface area (Å²) >= 11 is 3.67. The lowest BCUT2D eigenvalue weighted by molar-refractivity contribution is 1.01. The Bertz CT molecular complexity index is 881. The fourth-order valence-electron chi connectivity index (χ4n) is 3.19. The van der Waals surface area contributed by atoms with Gasteiger partial charge in [-0.15, -0.1) is 23.5 Å². The summed E-state index contributed by atoms with van der Waals surface area (Å²) in [5, 5.41) is 2.73. The molecule has 0 aliphatic heterocycles. The molecule has 1 nitrogen and oxygen atoms in total. The van der Waals surface area contributed by atoms with E-state index in [4.69, 9.17) is 0 Å². The molecule has 0 amide bonds. The van der Waals surface area contributed by atoms with Crippen LogP contribution >= 0.6 is 23.5 Å². The van der Waals surface area contributed by atoms with Crippen LogP contribution in [0.25, 0.3) is 27.4 Å². The second kappa shape index (κ2) is 6.05. The highest BCUT2D eigenvalue weighted by Gasteiger charge is 2.14. The van der Waals surface area contributed by atoms with Crippen molar-refractivity contribution in [3.8, 4) is 0 Å². The van der Waals surface area contributed by atoms with E-state index in [1.165, 1.54) is 42.7 Å². The third-order valence-corrected chi connectivity index (χ3v) is 6.62. The SMILES string of the molecule is CSC(SC)=C(C)c1cccc2c1c1cc(C)ccc1n2C. The van der Waals surface area contributed by atoms with Crippen LogP contribution in [0, 0.1) is 6.92 Å². The normalized spacial score (nSPS) is 11.3. The number of benzene rings is 2. The fourth-order valence-corrected chi connectivity index (χ4v) is 4.69. The minimum absolute atomic E-state index is 1.30. The molecule has 0 spiro atoms. The largest absolute Gasteiger partial charge is 0.344 e.